The van der Waals surface area contributed by atoms with Gasteiger partial charge in [0.05, 0.1) is 0 Å². The maximum absolute atomic E-state index is 11.9. The number of nitrogens with zero attached hydrogens (tertiary/aromatic N) is 1. The molecule has 2 aromatic heterocycles. The van der Waals surface area contributed by atoms with Crippen LogP contribution in [-0.2, 0) is 4.74 Å². The molecule has 0 bridgehead atoms. The van der Waals surface area contributed by atoms with Crippen molar-refractivity contribution in [2.75, 3.05) is 5.32 Å². The van der Waals surface area contributed by atoms with E-state index in [0.29, 0.717) is 5.58 Å². The second-order valence-corrected chi connectivity index (χ2v) is 6.51. The molecule has 0 saturated heterocycles. The van der Waals surface area contributed by atoms with Gasteiger partial charge in [-0.3, -0.25) is 10.3 Å². The predicted molar refractivity (Wildman–Crippen MR) is 84.9 cm³/mol. The number of rotatable bonds is 3. The van der Waals surface area contributed by atoms with E-state index >= 15 is 0 Å². The molecule has 0 saturated carbocycles. The molecule has 124 valence electrons. The molecule has 0 atom stereocenters. The minimum absolute atomic E-state index is 0.00273. The number of carboxylic acid groups (broad SMARTS) is 1. The molecule has 7 heteroatoms. The van der Waals surface area contributed by atoms with Crippen LogP contribution in [0.3, 0.4) is 0 Å². The Morgan fingerprint density at radius 1 is 1.35 bits per heavy atom. The number of carbonyl (C=O) groups excluding carboxylic acids is 1. The smallest absolute Gasteiger partial charge is 0.412 e. The molecule has 2 aromatic rings. The number of carbonyl (C=O) groups is 2. The number of ether oxygens (including phenoxy) is 1. The molecular weight excluding hydrogens is 300 g/mol. The third-order valence-corrected chi connectivity index (χ3v) is 3.04. The number of furan rings is 1. The van der Waals surface area contributed by atoms with Crippen molar-refractivity contribution in [3.63, 3.8) is 0 Å². The molecule has 2 heterocycles. The highest BCUT2D eigenvalue weighted by atomic mass is 16.6. The van der Waals surface area contributed by atoms with Crippen molar-refractivity contribution >= 4 is 28.8 Å². The van der Waals surface area contributed by atoms with E-state index in [1.54, 1.807) is 33.0 Å². The van der Waals surface area contributed by atoms with E-state index in [2.05, 4.69) is 10.3 Å². The minimum atomic E-state index is -1.29. The third-order valence-electron chi connectivity index (χ3n) is 3.04. The van der Waals surface area contributed by atoms with Gasteiger partial charge in [-0.05, 0) is 38.3 Å². The molecule has 0 unspecified atom stereocenters. The van der Waals surface area contributed by atoms with E-state index < -0.39 is 17.7 Å². The quantitative estimate of drug-likeness (QED) is 0.886. The van der Waals surface area contributed by atoms with Crippen LogP contribution in [-0.4, -0.2) is 27.8 Å². The van der Waals surface area contributed by atoms with Crippen LogP contribution in [0.1, 0.15) is 56.7 Å². The highest BCUT2D eigenvalue weighted by Crippen LogP contribution is 2.31. The Morgan fingerprint density at radius 3 is 2.52 bits per heavy atom. The zero-order chi connectivity index (χ0) is 17.4. The van der Waals surface area contributed by atoms with Gasteiger partial charge in [0.25, 0.3) is 0 Å². The van der Waals surface area contributed by atoms with E-state index in [1.807, 2.05) is 13.8 Å². The topological polar surface area (TPSA) is 102 Å². The summed E-state index contributed by atoms with van der Waals surface area (Å²) in [6, 6.07) is 1.72. The number of aromatic nitrogens is 1. The van der Waals surface area contributed by atoms with E-state index in [-0.39, 0.29) is 22.9 Å². The van der Waals surface area contributed by atoms with E-state index in [4.69, 9.17) is 9.15 Å². The number of carboxylic acids is 1. The number of anilines is 1. The van der Waals surface area contributed by atoms with Crippen LogP contribution in [0, 0.1) is 0 Å². The number of amides is 1. The lowest BCUT2D eigenvalue weighted by Crippen LogP contribution is -2.27. The maximum Gasteiger partial charge on any atom is 0.412 e. The van der Waals surface area contributed by atoms with Crippen LogP contribution in [0.2, 0.25) is 0 Å². The van der Waals surface area contributed by atoms with Crippen LogP contribution in [0.5, 0.6) is 0 Å². The molecule has 2 rings (SSSR count). The first-order valence-electron chi connectivity index (χ1n) is 7.24. The van der Waals surface area contributed by atoms with Gasteiger partial charge in [-0.15, -0.1) is 0 Å². The summed E-state index contributed by atoms with van der Waals surface area (Å²) in [7, 11) is 0. The number of hydrogen-bond donors (Lipinski definition) is 2. The van der Waals surface area contributed by atoms with Crippen molar-refractivity contribution in [2.24, 2.45) is 0 Å². The van der Waals surface area contributed by atoms with Gasteiger partial charge in [0.2, 0.25) is 5.76 Å². The van der Waals surface area contributed by atoms with Gasteiger partial charge in [0.1, 0.15) is 16.8 Å². The van der Waals surface area contributed by atoms with Gasteiger partial charge in [0.15, 0.2) is 5.58 Å². The number of nitrogens with one attached hydrogen (secondary N) is 1. The standard InChI is InChI=1S/C16H20N2O5/c1-8(2)9-6-10-11(17-7-9)12(13(22-10)14(19)20)18-15(21)23-16(3,4)5/h6-8H,1-5H3,(H,18,21)(H,19,20). The fourth-order valence-corrected chi connectivity index (χ4v) is 1.98. The maximum atomic E-state index is 11.9. The predicted octanol–water partition coefficient (Wildman–Crippen LogP) is 4.00. The van der Waals surface area contributed by atoms with Gasteiger partial charge in [-0.2, -0.15) is 0 Å². The van der Waals surface area contributed by atoms with Crippen molar-refractivity contribution in [1.82, 2.24) is 4.98 Å². The second-order valence-electron chi connectivity index (χ2n) is 6.51. The van der Waals surface area contributed by atoms with Crippen LogP contribution in [0.25, 0.3) is 11.1 Å². The Hall–Kier alpha value is -2.57. The zero-order valence-corrected chi connectivity index (χ0v) is 13.8. The minimum Gasteiger partial charge on any atom is -0.475 e. The molecule has 7 nitrogen and oxygen atoms in total. The Morgan fingerprint density at radius 2 is 2.00 bits per heavy atom. The summed E-state index contributed by atoms with van der Waals surface area (Å²) in [6.45, 7) is 9.12. The monoisotopic (exact) mass is 320 g/mol. The summed E-state index contributed by atoms with van der Waals surface area (Å²) in [5.41, 5.74) is 0.784. The molecule has 0 spiro atoms. The van der Waals surface area contributed by atoms with Gasteiger partial charge >= 0.3 is 12.1 Å². The zero-order valence-electron chi connectivity index (χ0n) is 13.8. The van der Waals surface area contributed by atoms with Crippen LogP contribution < -0.4 is 5.32 Å². The lowest BCUT2D eigenvalue weighted by atomic mass is 10.1. The molecule has 1 amide bonds. The first-order chi connectivity index (χ1) is 10.6. The van der Waals surface area contributed by atoms with Crippen molar-refractivity contribution in [1.29, 1.82) is 0 Å². The lowest BCUT2D eigenvalue weighted by Gasteiger charge is -2.19. The number of hydrogen-bond acceptors (Lipinski definition) is 5. The molecule has 0 aromatic carbocycles. The highest BCUT2D eigenvalue weighted by molar-refractivity contribution is 6.06. The molecule has 0 radical (unpaired) electrons. The first kappa shape index (κ1) is 16.8. The largest absolute Gasteiger partial charge is 0.475 e. The summed E-state index contributed by atoms with van der Waals surface area (Å²) in [4.78, 5) is 27.5. The second kappa shape index (κ2) is 5.91. The Labute approximate surface area is 133 Å². The number of aromatic carboxylic acids is 1. The molecule has 0 aliphatic heterocycles. The van der Waals surface area contributed by atoms with Gasteiger partial charge in [-0.25, -0.2) is 9.59 Å². The molecule has 0 fully saturated rings. The Kier molecular flexibility index (Phi) is 4.31. The summed E-state index contributed by atoms with van der Waals surface area (Å²) in [5.74, 6) is -1.45. The highest BCUT2D eigenvalue weighted by Gasteiger charge is 2.25. The summed E-state index contributed by atoms with van der Waals surface area (Å²) in [5, 5.41) is 11.7. The molecule has 0 aliphatic rings. The Balaban J connectivity index is 2.46. The van der Waals surface area contributed by atoms with Gasteiger partial charge in [0, 0.05) is 6.20 Å². The van der Waals surface area contributed by atoms with Crippen LogP contribution >= 0.6 is 0 Å². The van der Waals surface area contributed by atoms with Crippen LogP contribution in [0.15, 0.2) is 16.7 Å². The number of fused-ring (bicyclic) bond motifs is 1. The van der Waals surface area contributed by atoms with Crippen molar-refractivity contribution < 1.29 is 23.8 Å². The molecule has 0 aliphatic carbocycles. The van der Waals surface area contributed by atoms with Crippen molar-refractivity contribution in [3.05, 3.63) is 23.6 Å². The van der Waals surface area contributed by atoms with Gasteiger partial charge in [-0.1, -0.05) is 13.8 Å². The third kappa shape index (κ3) is 3.80. The fraction of sp³-hybridized carbons (Fsp3) is 0.438. The summed E-state index contributed by atoms with van der Waals surface area (Å²) < 4.78 is 10.5. The Bertz CT molecular complexity index is 756. The van der Waals surface area contributed by atoms with Crippen LogP contribution in [0.4, 0.5) is 10.5 Å². The molecule has 23 heavy (non-hydrogen) atoms. The average Bonchev–Trinajstić information content (AvgIpc) is 2.74. The summed E-state index contributed by atoms with van der Waals surface area (Å²) in [6.07, 6.45) is 0.867. The van der Waals surface area contributed by atoms with Crippen molar-refractivity contribution in [3.8, 4) is 0 Å². The fourth-order valence-electron chi connectivity index (χ4n) is 1.98. The first-order valence-corrected chi connectivity index (χ1v) is 7.24. The van der Waals surface area contributed by atoms with Gasteiger partial charge < -0.3 is 14.3 Å². The normalized spacial score (nSPS) is 11.7. The average molecular weight is 320 g/mol. The van der Waals surface area contributed by atoms with Crippen molar-refractivity contribution in [2.45, 2.75) is 46.1 Å². The molecule has 2 N–H and O–H groups in total. The number of pyridine rings is 1. The van der Waals surface area contributed by atoms with E-state index in [9.17, 15) is 14.7 Å². The summed E-state index contributed by atoms with van der Waals surface area (Å²) >= 11 is 0. The van der Waals surface area contributed by atoms with E-state index in [1.165, 1.54) is 0 Å². The van der Waals surface area contributed by atoms with E-state index in [0.717, 1.165) is 5.56 Å². The lowest BCUT2D eigenvalue weighted by molar-refractivity contribution is 0.0635. The SMILES string of the molecule is CC(C)c1cnc2c(NC(=O)OC(C)(C)C)c(C(=O)O)oc2c1. The molecular formula is C16H20N2O5.